The van der Waals surface area contributed by atoms with Crippen molar-refractivity contribution in [2.24, 2.45) is 0 Å². The fourth-order valence-electron chi connectivity index (χ4n) is 2.16. The third kappa shape index (κ3) is 3.17. The van der Waals surface area contributed by atoms with Gasteiger partial charge in [0.25, 0.3) is 0 Å². The van der Waals surface area contributed by atoms with Crippen LogP contribution in [0, 0.1) is 0 Å². The first-order chi connectivity index (χ1) is 9.61. The number of nitrogens with one attached hydrogen (secondary N) is 1. The molecular weight excluding hydrogens is 256 g/mol. The number of rotatable bonds is 6. The van der Waals surface area contributed by atoms with Crippen LogP contribution in [0.25, 0.3) is 10.9 Å². The average molecular weight is 274 g/mol. The summed E-state index contributed by atoms with van der Waals surface area (Å²) in [5.41, 5.74) is 1.07. The van der Waals surface area contributed by atoms with Gasteiger partial charge in [0.1, 0.15) is 6.04 Å². The van der Waals surface area contributed by atoms with Crippen molar-refractivity contribution >= 4 is 22.8 Å². The highest BCUT2D eigenvalue weighted by Crippen LogP contribution is 2.15. The third-order valence-corrected chi connectivity index (χ3v) is 3.30. The third-order valence-electron chi connectivity index (χ3n) is 3.30. The number of benzene rings is 1. The molecule has 1 unspecified atom stereocenters. The van der Waals surface area contributed by atoms with Gasteiger partial charge in [-0.2, -0.15) is 0 Å². The first-order valence-corrected chi connectivity index (χ1v) is 6.68. The van der Waals surface area contributed by atoms with Crippen LogP contribution in [0.5, 0.6) is 0 Å². The number of nitrogens with zero attached hydrogens (tertiary/aromatic N) is 1. The Kier molecular flexibility index (Phi) is 4.40. The zero-order valence-electron chi connectivity index (χ0n) is 11.4. The minimum absolute atomic E-state index is 0.239. The van der Waals surface area contributed by atoms with Gasteiger partial charge >= 0.3 is 5.97 Å². The van der Waals surface area contributed by atoms with E-state index in [1.54, 1.807) is 6.92 Å². The van der Waals surface area contributed by atoms with Crippen molar-refractivity contribution < 1.29 is 14.7 Å². The molecule has 0 fully saturated rings. The van der Waals surface area contributed by atoms with Gasteiger partial charge in [0, 0.05) is 24.7 Å². The molecule has 1 atom stereocenters. The molecule has 1 aromatic carbocycles. The molecule has 0 radical (unpaired) electrons. The quantitative estimate of drug-likeness (QED) is 0.846. The molecule has 20 heavy (non-hydrogen) atoms. The van der Waals surface area contributed by atoms with Crippen LogP contribution >= 0.6 is 0 Å². The van der Waals surface area contributed by atoms with Crippen molar-refractivity contribution in [2.75, 3.05) is 0 Å². The molecule has 2 rings (SSSR count). The summed E-state index contributed by atoms with van der Waals surface area (Å²) in [6.07, 6.45) is 2.59. The maximum Gasteiger partial charge on any atom is 0.326 e. The number of para-hydroxylation sites is 1. The molecule has 0 aliphatic carbocycles. The lowest BCUT2D eigenvalue weighted by Gasteiger charge is -2.12. The number of hydrogen-bond acceptors (Lipinski definition) is 2. The highest BCUT2D eigenvalue weighted by molar-refractivity contribution is 5.84. The molecular formula is C15H18N2O3. The van der Waals surface area contributed by atoms with E-state index in [1.165, 1.54) is 0 Å². The largest absolute Gasteiger partial charge is 0.480 e. The van der Waals surface area contributed by atoms with Gasteiger partial charge in [-0.05, 0) is 23.9 Å². The molecule has 0 aliphatic heterocycles. The summed E-state index contributed by atoms with van der Waals surface area (Å²) in [5.74, 6) is -1.23. The first-order valence-electron chi connectivity index (χ1n) is 6.68. The van der Waals surface area contributed by atoms with Crippen molar-refractivity contribution in [3.8, 4) is 0 Å². The van der Waals surface area contributed by atoms with E-state index in [9.17, 15) is 9.59 Å². The van der Waals surface area contributed by atoms with E-state index in [2.05, 4.69) is 5.32 Å². The van der Waals surface area contributed by atoms with Crippen LogP contribution in [0.3, 0.4) is 0 Å². The molecule has 1 aromatic heterocycles. The Hall–Kier alpha value is -2.30. The summed E-state index contributed by atoms with van der Waals surface area (Å²) in [6.45, 7) is 2.27. The lowest BCUT2D eigenvalue weighted by Crippen LogP contribution is -2.40. The van der Waals surface area contributed by atoms with Crippen LogP contribution in [-0.2, 0) is 16.1 Å². The number of carbonyl (C=O) groups excluding carboxylic acids is 1. The maximum atomic E-state index is 11.8. The predicted molar refractivity (Wildman–Crippen MR) is 76.4 cm³/mol. The lowest BCUT2D eigenvalue weighted by atomic mass is 10.2. The Morgan fingerprint density at radius 2 is 2.05 bits per heavy atom. The summed E-state index contributed by atoms with van der Waals surface area (Å²) in [5, 5.41) is 12.6. The number of aryl methyl sites for hydroxylation is 1. The molecule has 1 heterocycles. The summed E-state index contributed by atoms with van der Waals surface area (Å²) in [4.78, 5) is 22.6. The second-order valence-corrected chi connectivity index (χ2v) is 4.68. The number of hydrogen-bond donors (Lipinski definition) is 2. The SMILES string of the molecule is CCC(NC(=O)CCn1ccc2ccccc21)C(=O)O. The average Bonchev–Trinajstić information content (AvgIpc) is 2.85. The summed E-state index contributed by atoms with van der Waals surface area (Å²) in [7, 11) is 0. The molecule has 5 heteroatoms. The van der Waals surface area contributed by atoms with Crippen molar-refractivity contribution in [3.63, 3.8) is 0 Å². The van der Waals surface area contributed by atoms with Crippen LogP contribution in [-0.4, -0.2) is 27.6 Å². The van der Waals surface area contributed by atoms with Gasteiger partial charge in [-0.1, -0.05) is 25.1 Å². The second-order valence-electron chi connectivity index (χ2n) is 4.68. The van der Waals surface area contributed by atoms with E-state index < -0.39 is 12.0 Å². The number of carboxylic acids is 1. The lowest BCUT2D eigenvalue weighted by molar-refractivity contribution is -0.141. The fourth-order valence-corrected chi connectivity index (χ4v) is 2.16. The number of aromatic nitrogens is 1. The minimum atomic E-state index is -0.993. The fraction of sp³-hybridized carbons (Fsp3) is 0.333. The van der Waals surface area contributed by atoms with Crippen LogP contribution < -0.4 is 5.32 Å². The van der Waals surface area contributed by atoms with Crippen LogP contribution in [0.15, 0.2) is 36.5 Å². The molecule has 0 saturated heterocycles. The van der Waals surface area contributed by atoms with Gasteiger partial charge in [-0.3, -0.25) is 4.79 Å². The van der Waals surface area contributed by atoms with Crippen LogP contribution in [0.2, 0.25) is 0 Å². The highest BCUT2D eigenvalue weighted by atomic mass is 16.4. The van der Waals surface area contributed by atoms with Crippen molar-refractivity contribution in [1.29, 1.82) is 0 Å². The summed E-state index contributed by atoms with van der Waals surface area (Å²) in [6, 6.07) is 9.14. The topological polar surface area (TPSA) is 71.3 Å². The van der Waals surface area contributed by atoms with E-state index >= 15 is 0 Å². The monoisotopic (exact) mass is 274 g/mol. The smallest absolute Gasteiger partial charge is 0.326 e. The van der Waals surface area contributed by atoms with E-state index in [0.29, 0.717) is 13.0 Å². The number of carboxylic acid groups (broad SMARTS) is 1. The van der Waals surface area contributed by atoms with Gasteiger partial charge in [-0.15, -0.1) is 0 Å². The molecule has 106 valence electrons. The maximum absolute atomic E-state index is 11.8. The number of fused-ring (bicyclic) bond motifs is 1. The van der Waals surface area contributed by atoms with Gasteiger partial charge in [-0.25, -0.2) is 4.79 Å². The number of amides is 1. The second kappa shape index (κ2) is 6.23. The molecule has 0 spiro atoms. The van der Waals surface area contributed by atoms with Crippen molar-refractivity contribution in [2.45, 2.75) is 32.4 Å². The molecule has 1 amide bonds. The van der Waals surface area contributed by atoms with Crippen LogP contribution in [0.1, 0.15) is 19.8 Å². The minimum Gasteiger partial charge on any atom is -0.480 e. The molecule has 2 N–H and O–H groups in total. The van der Waals surface area contributed by atoms with E-state index in [1.807, 2.05) is 41.1 Å². The Bertz CT molecular complexity index is 618. The Morgan fingerprint density at radius 1 is 1.30 bits per heavy atom. The van der Waals surface area contributed by atoms with E-state index in [0.717, 1.165) is 10.9 Å². The molecule has 2 aromatic rings. The Morgan fingerprint density at radius 3 is 2.75 bits per heavy atom. The number of aliphatic carboxylic acids is 1. The standard InChI is InChI=1S/C15H18N2O3/c1-2-12(15(19)20)16-14(18)8-10-17-9-7-11-5-3-4-6-13(11)17/h3-7,9,12H,2,8,10H2,1H3,(H,16,18)(H,19,20). The highest BCUT2D eigenvalue weighted by Gasteiger charge is 2.17. The molecule has 0 bridgehead atoms. The zero-order valence-corrected chi connectivity index (χ0v) is 11.4. The summed E-state index contributed by atoms with van der Waals surface area (Å²) >= 11 is 0. The van der Waals surface area contributed by atoms with Gasteiger partial charge in [0.2, 0.25) is 5.91 Å². The number of carbonyl (C=O) groups is 2. The summed E-state index contributed by atoms with van der Waals surface area (Å²) < 4.78 is 2.00. The normalized spacial score (nSPS) is 12.2. The zero-order chi connectivity index (χ0) is 14.5. The van der Waals surface area contributed by atoms with Crippen LogP contribution in [0.4, 0.5) is 0 Å². The van der Waals surface area contributed by atoms with E-state index in [-0.39, 0.29) is 12.3 Å². The predicted octanol–water partition coefficient (Wildman–Crippen LogP) is 2.01. The Labute approximate surface area is 117 Å². The van der Waals surface area contributed by atoms with Crippen molar-refractivity contribution in [3.05, 3.63) is 36.5 Å². The van der Waals surface area contributed by atoms with Gasteiger partial charge in [0.05, 0.1) is 0 Å². The molecule has 5 nitrogen and oxygen atoms in total. The Balaban J connectivity index is 1.95. The molecule has 0 aliphatic rings. The van der Waals surface area contributed by atoms with Gasteiger partial charge < -0.3 is 15.0 Å². The molecule has 0 saturated carbocycles. The van der Waals surface area contributed by atoms with Gasteiger partial charge in [0.15, 0.2) is 0 Å². The van der Waals surface area contributed by atoms with Crippen molar-refractivity contribution in [1.82, 2.24) is 9.88 Å². The first kappa shape index (κ1) is 14.1. The van der Waals surface area contributed by atoms with E-state index in [4.69, 9.17) is 5.11 Å².